The van der Waals surface area contributed by atoms with Gasteiger partial charge in [-0.3, -0.25) is 0 Å². The number of nitriles is 2. The third-order valence-corrected chi connectivity index (χ3v) is 0. The van der Waals surface area contributed by atoms with Crippen molar-refractivity contribution in [3.05, 3.63) is 0 Å². The Morgan fingerprint density at radius 3 is 1.00 bits per heavy atom. The minimum Gasteiger partial charge on any atom is -0.812 e. The van der Waals surface area contributed by atoms with Crippen molar-refractivity contribution in [3.8, 4) is 12.5 Å². The maximum atomic E-state index is 8.24. The van der Waals surface area contributed by atoms with Crippen LogP contribution in [0.5, 0.6) is 0 Å². The van der Waals surface area contributed by atoms with Crippen molar-refractivity contribution < 1.29 is 10.2 Å². The Hall–Kier alpha value is -0.654. The van der Waals surface area contributed by atoms with Crippen molar-refractivity contribution >= 4 is 23.1 Å². The second kappa shape index (κ2) is 55.7. The molecule has 0 saturated heterocycles. The Labute approximate surface area is 56.8 Å². The molecule has 0 spiro atoms. The molecule has 4 nitrogen and oxygen atoms in total. The standard InChI is InChI=1S/2CHNO.Mg/c2*2-1-3;/h2*3H;/q;;+2/p-2. The minimum atomic E-state index is 0. The molecule has 7 heavy (non-hydrogen) atoms. The van der Waals surface area contributed by atoms with E-state index >= 15 is 0 Å². The van der Waals surface area contributed by atoms with Crippen LogP contribution in [0, 0.1) is 23.0 Å². The average Bonchev–Trinajstić information content (AvgIpc) is 1.39. The fraction of sp³-hybridized carbons (Fsp3) is 0. The SMILES string of the molecule is N#C[O-].N#C[O-].[Mg+2]. The van der Waals surface area contributed by atoms with Crippen molar-refractivity contribution in [1.82, 2.24) is 0 Å². The smallest absolute Gasteiger partial charge is 0.812 e. The van der Waals surface area contributed by atoms with Gasteiger partial charge in [0.25, 0.3) is 0 Å². The number of nitrogens with zero attached hydrogens (tertiary/aromatic N) is 2. The van der Waals surface area contributed by atoms with Crippen LogP contribution in [0.4, 0.5) is 0 Å². The first-order chi connectivity index (χ1) is 2.83. The summed E-state index contributed by atoms with van der Waals surface area (Å²) < 4.78 is 0. The van der Waals surface area contributed by atoms with E-state index in [1.54, 1.807) is 0 Å². The summed E-state index contributed by atoms with van der Waals surface area (Å²) in [5.74, 6) is 0. The quantitative estimate of drug-likeness (QED) is 0.249. The van der Waals surface area contributed by atoms with Crippen LogP contribution >= 0.6 is 0 Å². The van der Waals surface area contributed by atoms with Gasteiger partial charge in [-0.1, -0.05) is 0 Å². The van der Waals surface area contributed by atoms with Gasteiger partial charge >= 0.3 is 23.1 Å². The Morgan fingerprint density at radius 1 is 1.00 bits per heavy atom. The molecule has 32 valence electrons. The van der Waals surface area contributed by atoms with Gasteiger partial charge in [0.1, 0.15) is 0 Å². The summed E-state index contributed by atoms with van der Waals surface area (Å²) in [4.78, 5) is 0. The van der Waals surface area contributed by atoms with Gasteiger partial charge in [-0.15, -0.1) is 0 Å². The van der Waals surface area contributed by atoms with Crippen LogP contribution in [0.2, 0.25) is 0 Å². The molecule has 0 amide bonds. The summed E-state index contributed by atoms with van der Waals surface area (Å²) >= 11 is 0. The Kier molecular flexibility index (Phi) is 129. The van der Waals surface area contributed by atoms with Crippen LogP contribution in [-0.2, 0) is 0 Å². The first kappa shape index (κ1) is 16.2. The predicted octanol–water partition coefficient (Wildman–Crippen LogP) is -2.73. The average molecular weight is 108 g/mol. The zero-order valence-corrected chi connectivity index (χ0v) is 4.83. The summed E-state index contributed by atoms with van der Waals surface area (Å²) in [6.45, 7) is 0. The summed E-state index contributed by atoms with van der Waals surface area (Å²) in [5, 5.41) is 30.0. The third kappa shape index (κ3) is 140. The first-order valence-corrected chi connectivity index (χ1v) is 0.855. The van der Waals surface area contributed by atoms with Gasteiger partial charge in [-0.25, -0.2) is 10.5 Å². The molecule has 0 aromatic carbocycles. The number of hydrogen-bond donors (Lipinski definition) is 0. The van der Waals surface area contributed by atoms with Crippen LogP contribution < -0.4 is 10.2 Å². The third-order valence-electron chi connectivity index (χ3n) is 0. The molecule has 0 aromatic rings. The van der Waals surface area contributed by atoms with Gasteiger partial charge in [0, 0.05) is 12.5 Å². The van der Waals surface area contributed by atoms with E-state index in [1.165, 1.54) is 0 Å². The maximum Gasteiger partial charge on any atom is 2.00 e. The number of rotatable bonds is 0. The zero-order valence-electron chi connectivity index (χ0n) is 3.42. The Morgan fingerprint density at radius 2 is 1.00 bits per heavy atom. The molecule has 0 N–H and O–H groups in total. The van der Waals surface area contributed by atoms with Gasteiger partial charge < -0.3 is 10.2 Å². The summed E-state index contributed by atoms with van der Waals surface area (Å²) in [6.07, 6.45) is 1.00. The van der Waals surface area contributed by atoms with Crippen LogP contribution in [0.25, 0.3) is 0 Å². The number of hydrogen-bond acceptors (Lipinski definition) is 4. The maximum absolute atomic E-state index is 8.24. The molecule has 0 unspecified atom stereocenters. The topological polar surface area (TPSA) is 93.7 Å². The summed E-state index contributed by atoms with van der Waals surface area (Å²) in [7, 11) is 0. The molecule has 0 fully saturated rings. The molecular formula is C2MgN2O2. The molecule has 5 heteroatoms. The molecular weight excluding hydrogens is 108 g/mol. The zero-order chi connectivity index (χ0) is 5.41. The normalized spacial score (nSPS) is 2.00. The van der Waals surface area contributed by atoms with Crippen molar-refractivity contribution in [3.63, 3.8) is 0 Å². The van der Waals surface area contributed by atoms with Gasteiger partial charge in [-0.2, -0.15) is 0 Å². The summed E-state index contributed by atoms with van der Waals surface area (Å²) in [6, 6.07) is 0. The van der Waals surface area contributed by atoms with E-state index in [4.69, 9.17) is 20.7 Å². The second-order valence-electron chi connectivity index (χ2n) is 0.183. The van der Waals surface area contributed by atoms with Gasteiger partial charge in [0.15, 0.2) is 0 Å². The largest absolute Gasteiger partial charge is 2.00 e. The minimum absolute atomic E-state index is 0. The van der Waals surface area contributed by atoms with Crippen LogP contribution in [0.1, 0.15) is 0 Å². The van der Waals surface area contributed by atoms with E-state index in [9.17, 15) is 0 Å². The molecule has 0 rings (SSSR count). The van der Waals surface area contributed by atoms with Gasteiger partial charge in [0.05, 0.1) is 0 Å². The van der Waals surface area contributed by atoms with Gasteiger partial charge in [-0.05, 0) is 0 Å². The van der Waals surface area contributed by atoms with Crippen LogP contribution in [0.3, 0.4) is 0 Å². The van der Waals surface area contributed by atoms with Crippen molar-refractivity contribution in [1.29, 1.82) is 10.5 Å². The van der Waals surface area contributed by atoms with Crippen molar-refractivity contribution in [2.75, 3.05) is 0 Å². The van der Waals surface area contributed by atoms with E-state index in [0.717, 1.165) is 0 Å². The van der Waals surface area contributed by atoms with E-state index in [0.29, 0.717) is 12.5 Å². The molecule has 0 aliphatic carbocycles. The van der Waals surface area contributed by atoms with Crippen LogP contribution in [-0.4, -0.2) is 23.1 Å². The van der Waals surface area contributed by atoms with E-state index in [2.05, 4.69) is 0 Å². The molecule has 0 aromatic heterocycles. The fourth-order valence-corrected chi connectivity index (χ4v) is 0. The predicted molar refractivity (Wildman–Crippen MR) is 17.0 cm³/mol. The molecule has 0 saturated carbocycles. The summed E-state index contributed by atoms with van der Waals surface area (Å²) in [5.41, 5.74) is 0. The van der Waals surface area contributed by atoms with E-state index in [1.807, 2.05) is 0 Å². The first-order valence-electron chi connectivity index (χ1n) is 0.855. The van der Waals surface area contributed by atoms with Crippen molar-refractivity contribution in [2.24, 2.45) is 0 Å². The monoisotopic (exact) mass is 108 g/mol. The molecule has 0 atom stereocenters. The van der Waals surface area contributed by atoms with Gasteiger partial charge in [0.2, 0.25) is 0 Å². The molecule has 0 heterocycles. The molecule has 0 radical (unpaired) electrons. The fourth-order valence-electron chi connectivity index (χ4n) is 0. The van der Waals surface area contributed by atoms with Crippen molar-refractivity contribution in [2.45, 2.75) is 0 Å². The van der Waals surface area contributed by atoms with E-state index in [-0.39, 0.29) is 23.1 Å². The van der Waals surface area contributed by atoms with Crippen LogP contribution in [0.15, 0.2) is 0 Å². The Bertz CT molecular complexity index is 68.7. The Balaban J connectivity index is -0.0000000400. The molecule has 0 aliphatic heterocycles. The molecule has 0 aliphatic rings. The second-order valence-corrected chi connectivity index (χ2v) is 0.183. The van der Waals surface area contributed by atoms with E-state index < -0.39 is 0 Å². The molecule has 0 bridgehead atoms.